The topological polar surface area (TPSA) is 26.3 Å². The number of esters is 1. The van der Waals surface area contributed by atoms with E-state index >= 15 is 0 Å². The molecule has 10 heavy (non-hydrogen) atoms. The molecule has 0 fully saturated rings. The molecule has 0 unspecified atom stereocenters. The Bertz CT molecular complexity index is 135. The normalized spacial score (nSPS) is 9.00. The van der Waals surface area contributed by atoms with Crippen molar-refractivity contribution in [2.75, 3.05) is 4.43 Å². The summed E-state index contributed by atoms with van der Waals surface area (Å²) >= 11 is 1.94. The number of hydrogen-bond acceptors (Lipinski definition) is 2. The van der Waals surface area contributed by atoms with Gasteiger partial charge in [0.1, 0.15) is 6.10 Å². The SMILES string of the molecule is C=CC(C=C)OC(=O)CI. The molecule has 0 N–H and O–H groups in total. The van der Waals surface area contributed by atoms with E-state index in [2.05, 4.69) is 13.2 Å². The van der Waals surface area contributed by atoms with Gasteiger partial charge in [-0.15, -0.1) is 0 Å². The molecule has 2 nitrogen and oxygen atoms in total. The minimum Gasteiger partial charge on any atom is -0.453 e. The number of halogens is 1. The smallest absolute Gasteiger partial charge is 0.316 e. The summed E-state index contributed by atoms with van der Waals surface area (Å²) in [7, 11) is 0. The van der Waals surface area contributed by atoms with Crippen LogP contribution in [0.5, 0.6) is 0 Å². The molecule has 0 aromatic rings. The van der Waals surface area contributed by atoms with Crippen LogP contribution in [0.1, 0.15) is 0 Å². The fourth-order valence-corrected chi connectivity index (χ4v) is 0.556. The first-order chi connectivity index (χ1) is 4.74. The maximum atomic E-state index is 10.6. The van der Waals surface area contributed by atoms with Crippen molar-refractivity contribution < 1.29 is 9.53 Å². The van der Waals surface area contributed by atoms with Crippen LogP contribution in [0.4, 0.5) is 0 Å². The molecule has 0 radical (unpaired) electrons. The van der Waals surface area contributed by atoms with Crippen molar-refractivity contribution in [2.24, 2.45) is 0 Å². The van der Waals surface area contributed by atoms with Crippen molar-refractivity contribution in [3.05, 3.63) is 25.3 Å². The maximum Gasteiger partial charge on any atom is 0.316 e. The molecule has 0 rings (SSSR count). The van der Waals surface area contributed by atoms with E-state index in [9.17, 15) is 4.79 Å². The largest absolute Gasteiger partial charge is 0.453 e. The fourth-order valence-electron chi connectivity index (χ4n) is 0.376. The molecule has 0 aromatic heterocycles. The summed E-state index contributed by atoms with van der Waals surface area (Å²) in [5, 5.41) is 0. The number of alkyl halides is 1. The molecule has 0 atom stereocenters. The minimum atomic E-state index is -0.345. The Hall–Kier alpha value is -0.320. The molecule has 0 heterocycles. The summed E-state index contributed by atoms with van der Waals surface area (Å²) in [6.45, 7) is 6.94. The van der Waals surface area contributed by atoms with Gasteiger partial charge in [0.25, 0.3) is 0 Å². The highest BCUT2D eigenvalue weighted by Crippen LogP contribution is 1.96. The lowest BCUT2D eigenvalue weighted by atomic mass is 10.3. The summed E-state index contributed by atoms with van der Waals surface area (Å²) in [4.78, 5) is 10.6. The van der Waals surface area contributed by atoms with E-state index in [1.165, 1.54) is 12.2 Å². The van der Waals surface area contributed by atoms with Gasteiger partial charge in [-0.1, -0.05) is 35.7 Å². The number of hydrogen-bond donors (Lipinski definition) is 0. The number of rotatable bonds is 4. The molecular formula is C7H9IO2. The molecule has 0 aliphatic carbocycles. The molecule has 0 aliphatic rings. The molecule has 0 saturated carbocycles. The highest BCUT2D eigenvalue weighted by Gasteiger charge is 2.03. The summed E-state index contributed by atoms with van der Waals surface area (Å²) in [5.41, 5.74) is 0. The van der Waals surface area contributed by atoms with Gasteiger partial charge in [-0.25, -0.2) is 0 Å². The van der Waals surface area contributed by atoms with Gasteiger partial charge < -0.3 is 4.74 Å². The van der Waals surface area contributed by atoms with Gasteiger partial charge in [0.15, 0.2) is 0 Å². The van der Waals surface area contributed by atoms with Gasteiger partial charge in [-0.3, -0.25) is 4.79 Å². The monoisotopic (exact) mass is 252 g/mol. The Kier molecular flexibility index (Phi) is 5.29. The van der Waals surface area contributed by atoms with Crippen molar-refractivity contribution in [2.45, 2.75) is 6.10 Å². The van der Waals surface area contributed by atoms with Crippen LogP contribution in [-0.2, 0) is 9.53 Å². The zero-order chi connectivity index (χ0) is 7.98. The second-order valence-electron chi connectivity index (χ2n) is 1.56. The Labute approximate surface area is 74.1 Å². The van der Waals surface area contributed by atoms with Crippen LogP contribution in [0.25, 0.3) is 0 Å². The molecule has 56 valence electrons. The van der Waals surface area contributed by atoms with Crippen LogP contribution in [0.3, 0.4) is 0 Å². The highest BCUT2D eigenvalue weighted by molar-refractivity contribution is 14.1. The minimum absolute atomic E-state index is 0.245. The average Bonchev–Trinajstić information content (AvgIpc) is 1.99. The first kappa shape index (κ1) is 9.68. The van der Waals surface area contributed by atoms with E-state index in [4.69, 9.17) is 4.74 Å². The molecule has 0 bridgehead atoms. The van der Waals surface area contributed by atoms with Crippen LogP contribution >= 0.6 is 22.6 Å². The van der Waals surface area contributed by atoms with Gasteiger partial charge in [0.05, 0.1) is 4.43 Å². The molecule has 0 aromatic carbocycles. The quantitative estimate of drug-likeness (QED) is 0.329. The predicted molar refractivity (Wildman–Crippen MR) is 49.2 cm³/mol. The summed E-state index contributed by atoms with van der Waals surface area (Å²) in [6.07, 6.45) is 2.70. The second kappa shape index (κ2) is 5.46. The molecule has 0 amide bonds. The van der Waals surface area contributed by atoms with Crippen LogP contribution < -0.4 is 0 Å². The number of ether oxygens (including phenoxy) is 1. The first-order valence-electron chi connectivity index (χ1n) is 2.75. The Morgan fingerprint density at radius 1 is 1.60 bits per heavy atom. The van der Waals surface area contributed by atoms with Crippen LogP contribution in [0, 0.1) is 0 Å². The fraction of sp³-hybridized carbons (Fsp3) is 0.286. The van der Waals surface area contributed by atoms with Gasteiger partial charge in [-0.05, 0) is 12.2 Å². The summed E-state index contributed by atoms with van der Waals surface area (Å²) < 4.78 is 5.17. The van der Waals surface area contributed by atoms with E-state index in [1.54, 1.807) is 0 Å². The third kappa shape index (κ3) is 3.66. The van der Waals surface area contributed by atoms with E-state index in [-0.39, 0.29) is 12.1 Å². The molecule has 3 heteroatoms. The Morgan fingerprint density at radius 3 is 2.40 bits per heavy atom. The summed E-state index contributed by atoms with van der Waals surface area (Å²) in [6, 6.07) is 0. The van der Waals surface area contributed by atoms with E-state index in [1.807, 2.05) is 22.6 Å². The molecule has 0 spiro atoms. The highest BCUT2D eigenvalue weighted by atomic mass is 127. The van der Waals surface area contributed by atoms with Gasteiger partial charge >= 0.3 is 5.97 Å². The van der Waals surface area contributed by atoms with Crippen LogP contribution in [0.15, 0.2) is 25.3 Å². The van der Waals surface area contributed by atoms with Crippen molar-refractivity contribution in [1.29, 1.82) is 0 Å². The lowest BCUT2D eigenvalue weighted by Gasteiger charge is -2.06. The second-order valence-corrected chi connectivity index (χ2v) is 2.32. The predicted octanol–water partition coefficient (Wildman–Crippen LogP) is 1.71. The van der Waals surface area contributed by atoms with Gasteiger partial charge in [0.2, 0.25) is 0 Å². The lowest BCUT2D eigenvalue weighted by Crippen LogP contribution is -2.13. The Morgan fingerprint density at radius 2 is 2.10 bits per heavy atom. The third-order valence-electron chi connectivity index (χ3n) is 0.841. The van der Waals surface area contributed by atoms with Crippen molar-refractivity contribution in [3.8, 4) is 0 Å². The van der Waals surface area contributed by atoms with Gasteiger partial charge in [0, 0.05) is 0 Å². The first-order valence-corrected chi connectivity index (χ1v) is 4.27. The summed E-state index contributed by atoms with van der Waals surface area (Å²) in [5.74, 6) is -0.245. The van der Waals surface area contributed by atoms with E-state index in [0.717, 1.165) is 0 Å². The van der Waals surface area contributed by atoms with Crippen LogP contribution in [-0.4, -0.2) is 16.5 Å². The Balaban J connectivity index is 3.73. The lowest BCUT2D eigenvalue weighted by molar-refractivity contribution is -0.141. The number of carbonyl (C=O) groups is 1. The van der Waals surface area contributed by atoms with Crippen molar-refractivity contribution in [3.63, 3.8) is 0 Å². The molecular weight excluding hydrogens is 243 g/mol. The maximum absolute atomic E-state index is 10.6. The van der Waals surface area contributed by atoms with Crippen molar-refractivity contribution in [1.82, 2.24) is 0 Å². The zero-order valence-electron chi connectivity index (χ0n) is 5.55. The zero-order valence-corrected chi connectivity index (χ0v) is 7.71. The van der Waals surface area contributed by atoms with Crippen molar-refractivity contribution >= 4 is 28.6 Å². The number of carbonyl (C=O) groups excluding carboxylic acids is 1. The molecule has 0 saturated heterocycles. The van der Waals surface area contributed by atoms with Gasteiger partial charge in [-0.2, -0.15) is 0 Å². The average molecular weight is 252 g/mol. The third-order valence-corrected chi connectivity index (χ3v) is 1.46. The standard InChI is InChI=1S/C7H9IO2/c1-3-6(4-2)10-7(9)5-8/h3-4,6H,1-2,5H2. The van der Waals surface area contributed by atoms with E-state index in [0.29, 0.717) is 4.43 Å². The van der Waals surface area contributed by atoms with E-state index < -0.39 is 0 Å². The molecule has 0 aliphatic heterocycles. The van der Waals surface area contributed by atoms with Crippen LogP contribution in [0.2, 0.25) is 0 Å².